The van der Waals surface area contributed by atoms with Crippen LogP contribution in [0.15, 0.2) is 93.8 Å². The third-order valence-corrected chi connectivity index (χ3v) is 9.06. The minimum absolute atomic E-state index is 0.0136. The Labute approximate surface area is 260 Å². The quantitative estimate of drug-likeness (QED) is 0.315. The van der Waals surface area contributed by atoms with Gasteiger partial charge in [0.15, 0.2) is 11.6 Å². The van der Waals surface area contributed by atoms with Crippen LogP contribution >= 0.6 is 0 Å². The zero-order valence-electron chi connectivity index (χ0n) is 25.3. The number of fused-ring (bicyclic) bond motifs is 1. The van der Waals surface area contributed by atoms with E-state index >= 15 is 4.39 Å². The van der Waals surface area contributed by atoms with Crippen LogP contribution in [0.4, 0.5) is 10.1 Å². The lowest BCUT2D eigenvalue weighted by Gasteiger charge is -2.26. The maximum Gasteiger partial charge on any atom is 0.284 e. The number of amides is 1. The lowest BCUT2D eigenvalue weighted by Crippen LogP contribution is -2.25. The van der Waals surface area contributed by atoms with Gasteiger partial charge in [-0.15, -0.1) is 0 Å². The molecule has 1 spiro atoms. The van der Waals surface area contributed by atoms with Crippen molar-refractivity contribution < 1.29 is 23.4 Å². The second-order valence-corrected chi connectivity index (χ2v) is 12.0. The molecule has 1 saturated carbocycles. The number of rotatable bonds is 9. The largest absolute Gasteiger partial charge is 0.494 e. The summed E-state index contributed by atoms with van der Waals surface area (Å²) in [5.41, 5.74) is 1.84. The van der Waals surface area contributed by atoms with Gasteiger partial charge in [-0.25, -0.2) is 9.07 Å². The molecule has 1 amide bonds. The summed E-state index contributed by atoms with van der Waals surface area (Å²) in [4.78, 5) is 30.9. The van der Waals surface area contributed by atoms with Crippen LogP contribution in [0.25, 0.3) is 5.69 Å². The number of nitrogens with zero attached hydrogens (tertiary/aromatic N) is 3. The first-order valence-electron chi connectivity index (χ1n) is 15.4. The summed E-state index contributed by atoms with van der Waals surface area (Å²) in [7, 11) is 1.71. The Bertz CT molecular complexity index is 1830. The predicted octanol–water partition coefficient (Wildman–Crippen LogP) is 6.13. The maximum atomic E-state index is 15.2. The van der Waals surface area contributed by atoms with E-state index in [-0.39, 0.29) is 34.6 Å². The molecule has 0 radical (unpaired) electrons. The van der Waals surface area contributed by atoms with Crippen LogP contribution in [0.2, 0.25) is 0 Å². The highest BCUT2D eigenvalue weighted by molar-refractivity contribution is 6.05. The molecule has 2 atom stereocenters. The summed E-state index contributed by atoms with van der Waals surface area (Å²) in [6, 6.07) is 13.2. The second kappa shape index (κ2) is 11.7. The molecule has 10 heteroatoms. The van der Waals surface area contributed by atoms with Crippen LogP contribution in [0.5, 0.6) is 5.75 Å². The molecule has 9 nitrogen and oxygen atoms in total. The van der Waals surface area contributed by atoms with Gasteiger partial charge in [0, 0.05) is 37.5 Å². The van der Waals surface area contributed by atoms with Crippen molar-refractivity contribution in [2.24, 2.45) is 18.0 Å². The second-order valence-electron chi connectivity index (χ2n) is 12.0. The Morgan fingerprint density at radius 2 is 2.00 bits per heavy atom. The molecule has 1 aromatic heterocycles. The standard InChI is InChI=1S/C35H35FN4O5/c1-22-32(34(42)40(39(22)2)24-6-4-3-5-7-24)33(41)38-23-8-11-31(28(36)20-23)44-30-13-18-37-29-21-26(9-10-27(29)30)43-19-14-25-12-15-35(45-25)16-17-35/h3-9,11,13,18,20-21,25,27H,10,12,14-17,19H2,1-2H3,(H,38,41). The number of carbonyl (C=O) groups is 1. The van der Waals surface area contributed by atoms with E-state index in [9.17, 15) is 9.59 Å². The van der Waals surface area contributed by atoms with Gasteiger partial charge >= 0.3 is 0 Å². The molecule has 3 aromatic rings. The van der Waals surface area contributed by atoms with Crippen molar-refractivity contribution in [2.45, 2.75) is 57.2 Å². The van der Waals surface area contributed by atoms with E-state index in [0.717, 1.165) is 24.3 Å². The van der Waals surface area contributed by atoms with Crippen LogP contribution in [-0.4, -0.2) is 39.8 Å². The van der Waals surface area contributed by atoms with E-state index < -0.39 is 17.3 Å². The van der Waals surface area contributed by atoms with Crippen LogP contribution in [0, 0.1) is 18.7 Å². The highest BCUT2D eigenvalue weighted by Gasteiger charge is 2.49. The number of ether oxygens (including phenoxy) is 3. The number of anilines is 1. The summed E-state index contributed by atoms with van der Waals surface area (Å²) in [6.07, 6.45) is 13.7. The van der Waals surface area contributed by atoms with Crippen LogP contribution < -0.4 is 15.6 Å². The van der Waals surface area contributed by atoms with Gasteiger partial charge in [-0.3, -0.25) is 19.3 Å². The number of hydrogen-bond donors (Lipinski definition) is 1. The van der Waals surface area contributed by atoms with Gasteiger partial charge in [0.25, 0.3) is 11.5 Å². The summed E-state index contributed by atoms with van der Waals surface area (Å²) >= 11 is 0. The lowest BCUT2D eigenvalue weighted by molar-refractivity contribution is 0.0132. The number of benzene rings is 2. The number of allylic oxidation sites excluding steroid dienone is 3. The lowest BCUT2D eigenvalue weighted by atomic mass is 9.92. The number of dihydropyridines is 1. The third kappa shape index (κ3) is 5.78. The van der Waals surface area contributed by atoms with Crippen molar-refractivity contribution in [1.29, 1.82) is 0 Å². The highest BCUT2D eigenvalue weighted by Crippen LogP contribution is 2.50. The molecule has 1 N–H and O–H groups in total. The molecule has 2 unspecified atom stereocenters. The Morgan fingerprint density at radius 1 is 1.18 bits per heavy atom. The summed E-state index contributed by atoms with van der Waals surface area (Å²) in [6.45, 7) is 2.28. The summed E-state index contributed by atoms with van der Waals surface area (Å²) in [5, 5.41) is 2.66. The molecule has 7 rings (SSSR count). The number of aromatic nitrogens is 2. The smallest absolute Gasteiger partial charge is 0.284 e. The summed E-state index contributed by atoms with van der Waals surface area (Å²) in [5.74, 6) is -0.0711. The average molecular weight is 611 g/mol. The molecular formula is C35H35FN4O5. The molecule has 1 saturated heterocycles. The van der Waals surface area contributed by atoms with Crippen LogP contribution in [0.3, 0.4) is 0 Å². The fraction of sp³-hybridized carbons (Fsp3) is 0.343. The Morgan fingerprint density at radius 3 is 2.76 bits per heavy atom. The first-order chi connectivity index (χ1) is 21.8. The van der Waals surface area contributed by atoms with Crippen LogP contribution in [0.1, 0.15) is 54.6 Å². The average Bonchev–Trinajstić information content (AvgIpc) is 3.61. The van der Waals surface area contributed by atoms with E-state index in [0.29, 0.717) is 30.2 Å². The number of hydrogen-bond acceptors (Lipinski definition) is 6. The molecule has 232 valence electrons. The van der Waals surface area contributed by atoms with E-state index in [2.05, 4.69) is 10.3 Å². The van der Waals surface area contributed by atoms with E-state index in [1.54, 1.807) is 49.1 Å². The SMILES string of the molecule is Cc1c(C(=O)Nc2ccc(OC3=CC=NC4=CC(OCCC5CCC6(CC6)O5)=CCC43)c(F)c2)c(=O)n(-c2ccccc2)n1C. The monoisotopic (exact) mass is 610 g/mol. The molecule has 2 aliphatic carbocycles. The number of para-hydroxylation sites is 1. The Balaban J connectivity index is 0.977. The normalized spacial score (nSPS) is 21.1. The molecule has 3 heterocycles. The van der Waals surface area contributed by atoms with Crippen molar-refractivity contribution in [1.82, 2.24) is 9.36 Å². The molecule has 45 heavy (non-hydrogen) atoms. The fourth-order valence-corrected chi connectivity index (χ4v) is 6.29. The first kappa shape index (κ1) is 29.0. The topological polar surface area (TPSA) is 96.1 Å². The van der Waals surface area contributed by atoms with Gasteiger partial charge in [0.05, 0.1) is 41.3 Å². The van der Waals surface area contributed by atoms with Gasteiger partial charge in [-0.05, 0) is 75.4 Å². The van der Waals surface area contributed by atoms with Crippen molar-refractivity contribution in [2.75, 3.05) is 11.9 Å². The van der Waals surface area contributed by atoms with Crippen molar-refractivity contribution in [3.63, 3.8) is 0 Å². The Hall–Kier alpha value is -4.70. The minimum atomic E-state index is -0.647. The first-order valence-corrected chi connectivity index (χ1v) is 15.4. The van der Waals surface area contributed by atoms with Gasteiger partial charge in [-0.2, -0.15) is 0 Å². The summed E-state index contributed by atoms with van der Waals surface area (Å²) < 4.78 is 36.5. The van der Waals surface area contributed by atoms with Crippen LogP contribution in [-0.2, 0) is 16.5 Å². The van der Waals surface area contributed by atoms with Crippen molar-refractivity contribution in [3.8, 4) is 11.4 Å². The van der Waals surface area contributed by atoms with Gasteiger partial charge in [-0.1, -0.05) is 18.2 Å². The predicted molar refractivity (Wildman–Crippen MR) is 168 cm³/mol. The van der Waals surface area contributed by atoms with Crippen molar-refractivity contribution >= 4 is 17.8 Å². The maximum absolute atomic E-state index is 15.2. The minimum Gasteiger partial charge on any atom is -0.494 e. The number of halogens is 1. The molecule has 2 aromatic carbocycles. The van der Waals surface area contributed by atoms with Gasteiger partial charge in [0.2, 0.25) is 0 Å². The highest BCUT2D eigenvalue weighted by atomic mass is 19.1. The zero-order valence-corrected chi connectivity index (χ0v) is 25.3. The van der Waals surface area contributed by atoms with E-state index in [1.165, 1.54) is 36.1 Å². The number of nitrogens with one attached hydrogen (secondary N) is 1. The van der Waals surface area contributed by atoms with Gasteiger partial charge < -0.3 is 19.5 Å². The molecule has 2 fully saturated rings. The zero-order chi connectivity index (χ0) is 31.1. The molecule has 2 aliphatic heterocycles. The fourth-order valence-electron chi connectivity index (χ4n) is 6.29. The van der Waals surface area contributed by atoms with E-state index in [1.807, 2.05) is 30.4 Å². The number of aliphatic imine (C=N–C) groups is 1. The third-order valence-electron chi connectivity index (χ3n) is 9.06. The van der Waals surface area contributed by atoms with E-state index in [4.69, 9.17) is 14.2 Å². The molecular weight excluding hydrogens is 575 g/mol. The van der Waals surface area contributed by atoms with Crippen molar-refractivity contribution in [3.05, 3.63) is 111 Å². The molecule has 4 aliphatic rings. The Kier molecular flexibility index (Phi) is 7.53. The van der Waals surface area contributed by atoms with Gasteiger partial charge in [0.1, 0.15) is 17.1 Å². The molecule has 0 bridgehead atoms. The number of carbonyl (C=O) groups excluding carboxylic acids is 1.